The number of hydrogen-bond donors (Lipinski definition) is 2. The van der Waals surface area contributed by atoms with Crippen molar-refractivity contribution >= 4 is 17.3 Å². The second kappa shape index (κ2) is 7.17. The largest absolute Gasteiger partial charge is 0.480 e. The highest BCUT2D eigenvalue weighted by molar-refractivity contribution is 5.73. The van der Waals surface area contributed by atoms with E-state index in [2.05, 4.69) is 23.4 Å². The highest BCUT2D eigenvalue weighted by atomic mass is 16.4. The quantitative estimate of drug-likeness (QED) is 0.691. The zero-order chi connectivity index (χ0) is 13.4. The fourth-order valence-corrected chi connectivity index (χ4v) is 1.56. The van der Waals surface area contributed by atoms with Crippen LogP contribution in [-0.4, -0.2) is 30.7 Å². The molecule has 0 aromatic heterocycles. The summed E-state index contributed by atoms with van der Waals surface area (Å²) in [5.74, 6) is -0.876. The summed E-state index contributed by atoms with van der Waals surface area (Å²) in [6.07, 6.45) is 3.67. The van der Waals surface area contributed by atoms with Gasteiger partial charge in [0.25, 0.3) is 0 Å². The maximum atomic E-state index is 10.4. The van der Waals surface area contributed by atoms with Gasteiger partial charge in [-0.05, 0) is 24.3 Å². The van der Waals surface area contributed by atoms with Gasteiger partial charge in [0.2, 0.25) is 0 Å². The van der Waals surface area contributed by atoms with Crippen LogP contribution < -0.4 is 10.2 Å². The van der Waals surface area contributed by atoms with E-state index in [9.17, 15) is 4.79 Å². The molecule has 0 amide bonds. The maximum Gasteiger partial charge on any atom is 0.322 e. The lowest BCUT2D eigenvalue weighted by atomic mass is 10.2. The lowest BCUT2D eigenvalue weighted by molar-refractivity contribution is -0.134. The van der Waals surface area contributed by atoms with Gasteiger partial charge in [-0.3, -0.25) is 4.79 Å². The predicted molar refractivity (Wildman–Crippen MR) is 75.2 cm³/mol. The Labute approximate surface area is 107 Å². The van der Waals surface area contributed by atoms with E-state index < -0.39 is 5.97 Å². The van der Waals surface area contributed by atoms with Gasteiger partial charge in [-0.25, -0.2) is 0 Å². The van der Waals surface area contributed by atoms with E-state index in [1.165, 1.54) is 0 Å². The van der Waals surface area contributed by atoms with Crippen molar-refractivity contribution in [2.75, 3.05) is 29.9 Å². The average molecular weight is 246 g/mol. The minimum atomic E-state index is -0.876. The van der Waals surface area contributed by atoms with Crippen LogP contribution in [0, 0.1) is 0 Å². The Kier molecular flexibility index (Phi) is 5.51. The molecular formula is C14H18N2O2. The molecule has 0 fully saturated rings. The fourth-order valence-electron chi connectivity index (χ4n) is 1.56. The highest BCUT2D eigenvalue weighted by Gasteiger charge is 2.03. The van der Waals surface area contributed by atoms with Gasteiger partial charge >= 0.3 is 5.97 Å². The summed E-state index contributed by atoms with van der Waals surface area (Å²) in [5.41, 5.74) is 1.84. The monoisotopic (exact) mass is 246 g/mol. The van der Waals surface area contributed by atoms with E-state index in [4.69, 9.17) is 5.11 Å². The molecule has 2 N–H and O–H groups in total. The molecule has 4 nitrogen and oxygen atoms in total. The van der Waals surface area contributed by atoms with Gasteiger partial charge in [-0.1, -0.05) is 12.2 Å². The molecule has 18 heavy (non-hydrogen) atoms. The Morgan fingerprint density at radius 3 is 2.22 bits per heavy atom. The third kappa shape index (κ3) is 4.33. The fraction of sp³-hybridized carbons (Fsp3) is 0.214. The third-order valence-corrected chi connectivity index (χ3v) is 2.38. The van der Waals surface area contributed by atoms with E-state index in [0.717, 1.165) is 24.5 Å². The molecule has 0 aliphatic rings. The molecular weight excluding hydrogens is 228 g/mol. The standard InChI is InChI=1S/C14H18N2O2/c1-3-9-16(10-4-2)13-7-5-12(6-8-13)15-11-14(17)18/h3-8,15H,1-2,9-11H2,(H,17,18). The van der Waals surface area contributed by atoms with Crippen molar-refractivity contribution in [1.82, 2.24) is 0 Å². The molecule has 0 bridgehead atoms. The molecule has 0 unspecified atom stereocenters. The van der Waals surface area contributed by atoms with Crippen molar-refractivity contribution in [2.24, 2.45) is 0 Å². The normalized spacial score (nSPS) is 9.56. The van der Waals surface area contributed by atoms with Crippen molar-refractivity contribution in [2.45, 2.75) is 0 Å². The number of rotatable bonds is 8. The number of nitrogens with zero attached hydrogens (tertiary/aromatic N) is 1. The number of carbonyl (C=O) groups is 1. The van der Waals surface area contributed by atoms with Crippen LogP contribution in [0.15, 0.2) is 49.6 Å². The van der Waals surface area contributed by atoms with E-state index in [0.29, 0.717) is 0 Å². The van der Waals surface area contributed by atoms with Crippen molar-refractivity contribution in [1.29, 1.82) is 0 Å². The molecule has 0 aliphatic heterocycles. The Morgan fingerprint density at radius 2 is 1.78 bits per heavy atom. The zero-order valence-corrected chi connectivity index (χ0v) is 10.3. The van der Waals surface area contributed by atoms with Crippen LogP contribution in [-0.2, 0) is 4.79 Å². The second-order valence-corrected chi connectivity index (χ2v) is 3.78. The molecule has 0 aliphatic carbocycles. The first-order chi connectivity index (χ1) is 8.67. The van der Waals surface area contributed by atoms with Gasteiger partial charge in [-0.2, -0.15) is 0 Å². The first-order valence-electron chi connectivity index (χ1n) is 5.70. The number of carboxylic acid groups (broad SMARTS) is 1. The molecule has 0 saturated heterocycles. The van der Waals surface area contributed by atoms with Crippen LogP contribution in [0.4, 0.5) is 11.4 Å². The van der Waals surface area contributed by atoms with Crippen molar-refractivity contribution < 1.29 is 9.90 Å². The van der Waals surface area contributed by atoms with Gasteiger partial charge in [0.05, 0.1) is 0 Å². The van der Waals surface area contributed by atoms with E-state index in [1.54, 1.807) is 0 Å². The Bertz CT molecular complexity index is 402. The Morgan fingerprint density at radius 1 is 1.22 bits per heavy atom. The van der Waals surface area contributed by atoms with E-state index in [-0.39, 0.29) is 6.54 Å². The zero-order valence-electron chi connectivity index (χ0n) is 10.3. The summed E-state index contributed by atoms with van der Waals surface area (Å²) in [6, 6.07) is 7.60. The summed E-state index contributed by atoms with van der Waals surface area (Å²) in [6.45, 7) is 8.85. The molecule has 1 rings (SSSR count). The van der Waals surface area contributed by atoms with Gasteiger partial charge in [0, 0.05) is 24.5 Å². The van der Waals surface area contributed by atoms with E-state index in [1.807, 2.05) is 36.4 Å². The molecule has 1 aromatic carbocycles. The molecule has 1 aromatic rings. The highest BCUT2D eigenvalue weighted by Crippen LogP contribution is 2.17. The Balaban J connectivity index is 2.69. The summed E-state index contributed by atoms with van der Waals surface area (Å²) in [5, 5.41) is 11.4. The van der Waals surface area contributed by atoms with Crippen LogP contribution in [0.3, 0.4) is 0 Å². The molecule has 0 radical (unpaired) electrons. The smallest absolute Gasteiger partial charge is 0.322 e. The molecule has 0 saturated carbocycles. The van der Waals surface area contributed by atoms with Gasteiger partial charge < -0.3 is 15.3 Å². The minimum absolute atomic E-state index is 0.0810. The van der Waals surface area contributed by atoms with Gasteiger partial charge in [-0.15, -0.1) is 13.2 Å². The molecule has 96 valence electrons. The van der Waals surface area contributed by atoms with Crippen molar-refractivity contribution in [3.05, 3.63) is 49.6 Å². The van der Waals surface area contributed by atoms with Crippen LogP contribution in [0.2, 0.25) is 0 Å². The van der Waals surface area contributed by atoms with Crippen LogP contribution >= 0.6 is 0 Å². The summed E-state index contributed by atoms with van der Waals surface area (Å²) < 4.78 is 0. The lowest BCUT2D eigenvalue weighted by Crippen LogP contribution is -2.22. The number of anilines is 2. The summed E-state index contributed by atoms with van der Waals surface area (Å²) in [7, 11) is 0. The maximum absolute atomic E-state index is 10.4. The molecule has 0 heterocycles. The number of nitrogens with one attached hydrogen (secondary N) is 1. The first-order valence-corrected chi connectivity index (χ1v) is 5.70. The van der Waals surface area contributed by atoms with Crippen LogP contribution in [0.25, 0.3) is 0 Å². The SMILES string of the molecule is C=CCN(CC=C)c1ccc(NCC(=O)O)cc1. The Hall–Kier alpha value is -2.23. The van der Waals surface area contributed by atoms with Gasteiger partial charge in [0.15, 0.2) is 0 Å². The number of carboxylic acids is 1. The predicted octanol–water partition coefficient (Wildman–Crippen LogP) is 2.36. The topological polar surface area (TPSA) is 52.6 Å². The van der Waals surface area contributed by atoms with Crippen LogP contribution in [0.1, 0.15) is 0 Å². The van der Waals surface area contributed by atoms with E-state index >= 15 is 0 Å². The number of hydrogen-bond acceptors (Lipinski definition) is 3. The molecule has 4 heteroatoms. The van der Waals surface area contributed by atoms with Crippen LogP contribution in [0.5, 0.6) is 0 Å². The second-order valence-electron chi connectivity index (χ2n) is 3.78. The number of benzene rings is 1. The molecule has 0 atom stereocenters. The average Bonchev–Trinajstić information content (AvgIpc) is 2.37. The molecule has 0 spiro atoms. The summed E-state index contributed by atoms with van der Waals surface area (Å²) in [4.78, 5) is 12.5. The number of aliphatic carboxylic acids is 1. The minimum Gasteiger partial charge on any atom is -0.480 e. The van der Waals surface area contributed by atoms with Crippen molar-refractivity contribution in [3.8, 4) is 0 Å². The summed E-state index contributed by atoms with van der Waals surface area (Å²) >= 11 is 0. The third-order valence-electron chi connectivity index (χ3n) is 2.38. The first kappa shape index (κ1) is 13.8. The lowest BCUT2D eigenvalue weighted by Gasteiger charge is -2.21. The van der Waals surface area contributed by atoms with Gasteiger partial charge in [0.1, 0.15) is 6.54 Å². The van der Waals surface area contributed by atoms with Crippen molar-refractivity contribution in [3.63, 3.8) is 0 Å².